The zero-order valence-corrected chi connectivity index (χ0v) is 12.4. The van der Waals surface area contributed by atoms with Crippen LogP contribution in [0.1, 0.15) is 0 Å². The molecule has 0 aliphatic heterocycles. The van der Waals surface area contributed by atoms with E-state index in [4.69, 9.17) is 40.4 Å². The molecular formula is C14H13Cl2N5. The number of benzene rings is 2. The fourth-order valence-electron chi connectivity index (χ4n) is 1.74. The van der Waals surface area contributed by atoms with Gasteiger partial charge in [-0.2, -0.15) is 4.99 Å². The Morgan fingerprint density at radius 2 is 1.57 bits per heavy atom. The number of nitrogens with zero attached hydrogens (tertiary/aromatic N) is 2. The van der Waals surface area contributed by atoms with Gasteiger partial charge in [0.2, 0.25) is 5.96 Å². The molecule has 0 aliphatic carbocycles. The summed E-state index contributed by atoms with van der Waals surface area (Å²) in [4.78, 5) is 7.74. The molecule has 108 valence electrons. The van der Waals surface area contributed by atoms with E-state index in [0.717, 1.165) is 11.1 Å². The Morgan fingerprint density at radius 3 is 2.19 bits per heavy atom. The maximum Gasteiger partial charge on any atom is 0.223 e. The van der Waals surface area contributed by atoms with Gasteiger partial charge in [0.05, 0.1) is 10.7 Å². The predicted molar refractivity (Wildman–Crippen MR) is 89.0 cm³/mol. The zero-order chi connectivity index (χ0) is 15.4. The second kappa shape index (κ2) is 6.47. The van der Waals surface area contributed by atoms with Crippen LogP contribution in [0.3, 0.4) is 0 Å². The third kappa shape index (κ3) is 3.87. The van der Waals surface area contributed by atoms with Gasteiger partial charge in [-0.25, -0.2) is 4.99 Å². The molecule has 0 bridgehead atoms. The Labute approximate surface area is 132 Å². The van der Waals surface area contributed by atoms with Gasteiger partial charge in [0.1, 0.15) is 0 Å². The van der Waals surface area contributed by atoms with Gasteiger partial charge in [0.25, 0.3) is 0 Å². The molecule has 2 aromatic carbocycles. The average Bonchev–Trinajstić information content (AvgIpc) is 2.41. The van der Waals surface area contributed by atoms with Crippen molar-refractivity contribution in [3.05, 3.63) is 52.5 Å². The minimum Gasteiger partial charge on any atom is -0.370 e. The van der Waals surface area contributed by atoms with Crippen molar-refractivity contribution in [3.8, 4) is 11.1 Å². The number of rotatable bonds is 2. The molecule has 2 aromatic rings. The van der Waals surface area contributed by atoms with E-state index in [0.29, 0.717) is 15.7 Å². The molecule has 2 rings (SSSR count). The second-order valence-electron chi connectivity index (χ2n) is 4.15. The van der Waals surface area contributed by atoms with E-state index < -0.39 is 0 Å². The van der Waals surface area contributed by atoms with Crippen molar-refractivity contribution < 1.29 is 0 Å². The Balaban J connectivity index is 2.46. The lowest BCUT2D eigenvalue weighted by atomic mass is 10.1. The summed E-state index contributed by atoms with van der Waals surface area (Å²) in [7, 11) is 0. The molecule has 0 radical (unpaired) electrons. The second-order valence-corrected chi connectivity index (χ2v) is 4.97. The van der Waals surface area contributed by atoms with Crippen molar-refractivity contribution in [3.63, 3.8) is 0 Å². The van der Waals surface area contributed by atoms with Gasteiger partial charge in [0.15, 0.2) is 5.96 Å². The maximum absolute atomic E-state index is 6.36. The molecule has 7 heteroatoms. The molecule has 6 N–H and O–H groups in total. The van der Waals surface area contributed by atoms with Crippen LogP contribution in [-0.4, -0.2) is 11.9 Å². The third-order valence-corrected chi connectivity index (χ3v) is 3.26. The highest BCUT2D eigenvalue weighted by Gasteiger charge is 2.08. The van der Waals surface area contributed by atoms with Gasteiger partial charge in [-0.05, 0) is 23.8 Å². The Bertz CT molecular complexity index is 704. The van der Waals surface area contributed by atoms with Crippen LogP contribution in [0.15, 0.2) is 52.4 Å². The van der Waals surface area contributed by atoms with Crippen LogP contribution in [0, 0.1) is 0 Å². The monoisotopic (exact) mass is 321 g/mol. The molecule has 0 spiro atoms. The summed E-state index contributed by atoms with van der Waals surface area (Å²) in [6, 6.07) is 12.7. The SMILES string of the molecule is NC(N)=NC(N)=Nc1cccc(-c2ccc(Cl)cc2)c1Cl. The van der Waals surface area contributed by atoms with Crippen LogP contribution >= 0.6 is 23.2 Å². The smallest absolute Gasteiger partial charge is 0.223 e. The van der Waals surface area contributed by atoms with Crippen molar-refractivity contribution in [2.45, 2.75) is 0 Å². The molecule has 0 atom stereocenters. The Hall–Kier alpha value is -2.24. The lowest BCUT2D eigenvalue weighted by molar-refractivity contribution is 1.38. The molecule has 0 heterocycles. The van der Waals surface area contributed by atoms with Gasteiger partial charge in [0, 0.05) is 10.6 Å². The first-order valence-corrected chi connectivity index (χ1v) is 6.71. The number of nitrogens with two attached hydrogens (primary N) is 3. The van der Waals surface area contributed by atoms with E-state index in [-0.39, 0.29) is 11.9 Å². The molecule has 21 heavy (non-hydrogen) atoms. The van der Waals surface area contributed by atoms with Crippen molar-refractivity contribution in [2.75, 3.05) is 0 Å². The molecule has 0 amide bonds. The molecule has 5 nitrogen and oxygen atoms in total. The average molecular weight is 322 g/mol. The lowest BCUT2D eigenvalue weighted by Crippen LogP contribution is -2.26. The van der Waals surface area contributed by atoms with E-state index in [1.54, 1.807) is 18.2 Å². The molecule has 0 saturated heterocycles. The van der Waals surface area contributed by atoms with E-state index in [1.807, 2.05) is 24.3 Å². The van der Waals surface area contributed by atoms with E-state index in [9.17, 15) is 0 Å². The van der Waals surface area contributed by atoms with Crippen LogP contribution in [0.2, 0.25) is 10.0 Å². The molecule has 0 saturated carbocycles. The topological polar surface area (TPSA) is 103 Å². The summed E-state index contributed by atoms with van der Waals surface area (Å²) in [6.07, 6.45) is 0. The van der Waals surface area contributed by atoms with Gasteiger partial charge in [-0.15, -0.1) is 0 Å². The summed E-state index contributed by atoms with van der Waals surface area (Å²) in [5, 5.41) is 1.11. The predicted octanol–water partition coefficient (Wildman–Crippen LogP) is 2.88. The third-order valence-electron chi connectivity index (χ3n) is 2.61. The van der Waals surface area contributed by atoms with Crippen molar-refractivity contribution in [1.82, 2.24) is 0 Å². The summed E-state index contributed by atoms with van der Waals surface area (Å²) >= 11 is 12.2. The first-order chi connectivity index (χ1) is 9.97. The van der Waals surface area contributed by atoms with Gasteiger partial charge in [-0.1, -0.05) is 47.5 Å². The first-order valence-electron chi connectivity index (χ1n) is 5.95. The maximum atomic E-state index is 6.36. The molecule has 0 aromatic heterocycles. The summed E-state index contributed by atoms with van der Waals surface area (Å²) in [5.41, 5.74) is 18.3. The molecule has 0 aliphatic rings. The van der Waals surface area contributed by atoms with Crippen molar-refractivity contribution >= 4 is 40.8 Å². The fourth-order valence-corrected chi connectivity index (χ4v) is 2.14. The summed E-state index contributed by atoms with van der Waals surface area (Å²) in [5.74, 6) is -0.230. The highest BCUT2D eigenvalue weighted by Crippen LogP contribution is 2.35. The summed E-state index contributed by atoms with van der Waals surface area (Å²) in [6.45, 7) is 0. The highest BCUT2D eigenvalue weighted by atomic mass is 35.5. The van der Waals surface area contributed by atoms with E-state index in [2.05, 4.69) is 9.98 Å². The van der Waals surface area contributed by atoms with Crippen LogP contribution < -0.4 is 17.2 Å². The number of hydrogen-bond donors (Lipinski definition) is 3. The first kappa shape index (κ1) is 15.2. The number of guanidine groups is 2. The van der Waals surface area contributed by atoms with Crippen molar-refractivity contribution in [2.24, 2.45) is 27.2 Å². The van der Waals surface area contributed by atoms with Crippen molar-refractivity contribution in [1.29, 1.82) is 0 Å². The van der Waals surface area contributed by atoms with E-state index >= 15 is 0 Å². The normalized spacial score (nSPS) is 11.2. The number of aliphatic imine (C=N–C) groups is 2. The number of hydrogen-bond acceptors (Lipinski definition) is 1. The largest absolute Gasteiger partial charge is 0.370 e. The van der Waals surface area contributed by atoms with Crippen LogP contribution in [0.25, 0.3) is 11.1 Å². The van der Waals surface area contributed by atoms with Crippen LogP contribution in [0.4, 0.5) is 5.69 Å². The lowest BCUT2D eigenvalue weighted by Gasteiger charge is -2.07. The van der Waals surface area contributed by atoms with Gasteiger partial charge >= 0.3 is 0 Å². The fraction of sp³-hybridized carbons (Fsp3) is 0. The Morgan fingerprint density at radius 1 is 0.905 bits per heavy atom. The Kier molecular flexibility index (Phi) is 4.67. The minimum atomic E-state index is -0.166. The van der Waals surface area contributed by atoms with Gasteiger partial charge in [-0.3, -0.25) is 0 Å². The molecular weight excluding hydrogens is 309 g/mol. The molecule has 0 unspecified atom stereocenters. The quantitative estimate of drug-likeness (QED) is 0.585. The highest BCUT2D eigenvalue weighted by molar-refractivity contribution is 6.36. The van der Waals surface area contributed by atoms with Gasteiger partial charge < -0.3 is 17.2 Å². The summed E-state index contributed by atoms with van der Waals surface area (Å²) < 4.78 is 0. The minimum absolute atomic E-state index is 0.0647. The standard InChI is InChI=1S/C14H13Cl2N5/c15-9-6-4-8(5-7-9)10-2-1-3-11(12(10)16)20-14(19)21-13(17)18/h1-7H,(H6,17,18,19,20,21). The zero-order valence-electron chi connectivity index (χ0n) is 10.9. The number of halogens is 2. The van der Waals surface area contributed by atoms with Crippen LogP contribution in [-0.2, 0) is 0 Å². The van der Waals surface area contributed by atoms with Crippen LogP contribution in [0.5, 0.6) is 0 Å². The van der Waals surface area contributed by atoms with E-state index in [1.165, 1.54) is 0 Å². The molecule has 0 fully saturated rings.